The maximum absolute atomic E-state index is 12.6. The Morgan fingerprint density at radius 1 is 1.06 bits per heavy atom. The summed E-state index contributed by atoms with van der Waals surface area (Å²) in [5, 5.41) is 16.6. The number of para-hydroxylation sites is 1. The average molecular weight is 474 g/mol. The molecule has 0 radical (unpaired) electrons. The second kappa shape index (κ2) is 9.32. The molecule has 9 heteroatoms. The number of rotatable bonds is 5. The lowest BCUT2D eigenvalue weighted by Gasteiger charge is -2.01. The Labute approximate surface area is 198 Å². The van der Waals surface area contributed by atoms with Crippen molar-refractivity contribution in [3.05, 3.63) is 100 Å². The third-order valence-electron chi connectivity index (χ3n) is 4.70. The molecular formula is C24H16ClN5O2S. The summed E-state index contributed by atoms with van der Waals surface area (Å²) in [5.74, 6) is 0.326. The van der Waals surface area contributed by atoms with Gasteiger partial charge in [0.2, 0.25) is 0 Å². The molecule has 3 heterocycles. The number of thioether (sulfide) groups is 1. The van der Waals surface area contributed by atoms with E-state index in [0.717, 1.165) is 22.5 Å². The van der Waals surface area contributed by atoms with Crippen LogP contribution in [0.25, 0.3) is 23.0 Å². The van der Waals surface area contributed by atoms with Gasteiger partial charge < -0.3 is 4.42 Å². The van der Waals surface area contributed by atoms with Crippen LogP contribution < -0.4 is 5.32 Å². The molecule has 1 fully saturated rings. The van der Waals surface area contributed by atoms with Crippen molar-refractivity contribution in [2.24, 2.45) is 10.2 Å². The van der Waals surface area contributed by atoms with Crippen molar-refractivity contribution < 1.29 is 9.21 Å². The first kappa shape index (κ1) is 21.0. The Balaban J connectivity index is 1.48. The fraction of sp³-hybridized carbons (Fsp3) is 0. The summed E-state index contributed by atoms with van der Waals surface area (Å²) in [7, 11) is 0. The van der Waals surface area contributed by atoms with E-state index in [9.17, 15) is 4.79 Å². The fourth-order valence-corrected chi connectivity index (χ4v) is 4.05. The molecule has 2 aromatic heterocycles. The molecule has 5 rings (SSSR count). The second-order valence-electron chi connectivity index (χ2n) is 6.95. The Kier molecular flexibility index (Phi) is 5.93. The first-order valence-corrected chi connectivity index (χ1v) is 11.1. The number of benzene rings is 2. The van der Waals surface area contributed by atoms with E-state index in [1.165, 1.54) is 18.0 Å². The van der Waals surface area contributed by atoms with Crippen LogP contribution in [-0.4, -0.2) is 27.1 Å². The molecule has 1 saturated heterocycles. The molecule has 162 valence electrons. The SMILES string of the molecule is O=C1N/C(=N\N=Cc2ccco2)SC1=Cc1cn(-c2ccccc2)nc1-c1ccc(Cl)cc1. The Morgan fingerprint density at radius 3 is 2.64 bits per heavy atom. The number of carbonyl (C=O) groups excluding carboxylic acids is 1. The minimum atomic E-state index is -0.249. The van der Waals surface area contributed by atoms with Gasteiger partial charge in [-0.15, -0.1) is 5.10 Å². The van der Waals surface area contributed by atoms with Crippen LogP contribution in [0.3, 0.4) is 0 Å². The number of aromatic nitrogens is 2. The van der Waals surface area contributed by atoms with Crippen LogP contribution in [0, 0.1) is 0 Å². The summed E-state index contributed by atoms with van der Waals surface area (Å²) in [6.07, 6.45) is 6.72. The monoisotopic (exact) mass is 473 g/mol. The third-order valence-corrected chi connectivity index (χ3v) is 5.85. The van der Waals surface area contributed by atoms with E-state index >= 15 is 0 Å². The van der Waals surface area contributed by atoms with Gasteiger partial charge >= 0.3 is 0 Å². The van der Waals surface area contributed by atoms with E-state index in [-0.39, 0.29) is 5.91 Å². The van der Waals surface area contributed by atoms with Gasteiger partial charge in [0.05, 0.1) is 28.8 Å². The van der Waals surface area contributed by atoms with Gasteiger partial charge in [0.15, 0.2) is 5.17 Å². The summed E-state index contributed by atoms with van der Waals surface area (Å²) >= 11 is 7.27. The number of nitrogens with one attached hydrogen (secondary N) is 1. The number of hydrogen-bond donors (Lipinski definition) is 1. The van der Waals surface area contributed by atoms with Crippen LogP contribution >= 0.6 is 23.4 Å². The normalized spacial score (nSPS) is 16.2. The third kappa shape index (κ3) is 4.82. The van der Waals surface area contributed by atoms with Crippen LogP contribution in [0.5, 0.6) is 0 Å². The van der Waals surface area contributed by atoms with Crippen molar-refractivity contribution >= 4 is 46.7 Å². The fourth-order valence-electron chi connectivity index (χ4n) is 3.16. The minimum Gasteiger partial charge on any atom is -0.463 e. The topological polar surface area (TPSA) is 84.8 Å². The zero-order chi connectivity index (χ0) is 22.6. The largest absolute Gasteiger partial charge is 0.463 e. The number of amides is 1. The summed E-state index contributed by atoms with van der Waals surface area (Å²) in [4.78, 5) is 13.0. The lowest BCUT2D eigenvalue weighted by Crippen LogP contribution is -2.19. The summed E-state index contributed by atoms with van der Waals surface area (Å²) in [6.45, 7) is 0. The highest BCUT2D eigenvalue weighted by Gasteiger charge is 2.25. The van der Waals surface area contributed by atoms with E-state index in [4.69, 9.17) is 21.1 Å². The number of hydrogen-bond acceptors (Lipinski definition) is 6. The molecule has 1 N–H and O–H groups in total. The smallest absolute Gasteiger partial charge is 0.264 e. The highest BCUT2D eigenvalue weighted by molar-refractivity contribution is 8.18. The predicted molar refractivity (Wildman–Crippen MR) is 131 cm³/mol. The molecule has 0 spiro atoms. The lowest BCUT2D eigenvalue weighted by atomic mass is 10.1. The first-order chi connectivity index (χ1) is 16.2. The number of furan rings is 1. The van der Waals surface area contributed by atoms with E-state index in [2.05, 4.69) is 15.5 Å². The Bertz CT molecular complexity index is 1370. The van der Waals surface area contributed by atoms with Crippen molar-refractivity contribution in [3.63, 3.8) is 0 Å². The summed E-state index contributed by atoms with van der Waals surface area (Å²) in [6, 6.07) is 20.7. The molecular weight excluding hydrogens is 458 g/mol. The van der Waals surface area contributed by atoms with Crippen LogP contribution in [0.4, 0.5) is 0 Å². The first-order valence-electron chi connectivity index (χ1n) is 9.92. The van der Waals surface area contributed by atoms with Crippen LogP contribution in [0.2, 0.25) is 5.02 Å². The molecule has 33 heavy (non-hydrogen) atoms. The van der Waals surface area contributed by atoms with Crippen molar-refractivity contribution in [1.29, 1.82) is 0 Å². The van der Waals surface area contributed by atoms with Gasteiger partial charge in [-0.2, -0.15) is 10.2 Å². The van der Waals surface area contributed by atoms with E-state index in [0.29, 0.717) is 20.9 Å². The molecule has 1 amide bonds. The van der Waals surface area contributed by atoms with Crippen molar-refractivity contribution in [1.82, 2.24) is 15.1 Å². The maximum atomic E-state index is 12.6. The van der Waals surface area contributed by atoms with E-state index < -0.39 is 0 Å². The molecule has 4 aromatic rings. The number of amidine groups is 1. The van der Waals surface area contributed by atoms with Crippen molar-refractivity contribution in [3.8, 4) is 16.9 Å². The molecule has 0 saturated carbocycles. The summed E-state index contributed by atoms with van der Waals surface area (Å²) in [5.41, 5.74) is 3.33. The van der Waals surface area contributed by atoms with Crippen molar-refractivity contribution in [2.45, 2.75) is 0 Å². The molecule has 0 atom stereocenters. The van der Waals surface area contributed by atoms with Gasteiger partial charge in [0, 0.05) is 22.3 Å². The van der Waals surface area contributed by atoms with Crippen molar-refractivity contribution in [2.75, 3.05) is 0 Å². The predicted octanol–water partition coefficient (Wildman–Crippen LogP) is 5.38. The number of nitrogens with zero attached hydrogens (tertiary/aromatic N) is 4. The molecule has 0 aliphatic carbocycles. The molecule has 1 aliphatic rings. The Morgan fingerprint density at radius 2 is 1.88 bits per heavy atom. The Hall–Kier alpha value is -3.88. The average Bonchev–Trinajstić information content (AvgIpc) is 3.57. The van der Waals surface area contributed by atoms with E-state index in [1.807, 2.05) is 60.8 Å². The van der Waals surface area contributed by atoms with Gasteiger partial charge in [-0.05, 0) is 54.2 Å². The molecule has 0 unspecified atom stereocenters. The zero-order valence-electron chi connectivity index (χ0n) is 17.1. The molecule has 1 aliphatic heterocycles. The zero-order valence-corrected chi connectivity index (χ0v) is 18.6. The van der Waals surface area contributed by atoms with Gasteiger partial charge in [0.1, 0.15) is 5.76 Å². The molecule has 2 aromatic carbocycles. The number of carbonyl (C=O) groups is 1. The second-order valence-corrected chi connectivity index (χ2v) is 8.42. The standard InChI is InChI=1S/C24H16ClN5O2S/c25-18-10-8-16(9-11-18)22-17(15-30(29-22)19-5-2-1-3-6-19)13-21-23(31)27-24(33-21)28-26-14-20-7-4-12-32-20/h1-15H,(H,27,28,31). The maximum Gasteiger partial charge on any atom is 0.264 e. The minimum absolute atomic E-state index is 0.249. The summed E-state index contributed by atoms with van der Waals surface area (Å²) < 4.78 is 6.97. The van der Waals surface area contributed by atoms with Crippen LogP contribution in [-0.2, 0) is 4.79 Å². The molecule has 0 bridgehead atoms. The quantitative estimate of drug-likeness (QED) is 0.239. The van der Waals surface area contributed by atoms with Gasteiger partial charge in [-0.3, -0.25) is 10.1 Å². The van der Waals surface area contributed by atoms with Crippen LogP contribution in [0.15, 0.2) is 98.7 Å². The lowest BCUT2D eigenvalue weighted by molar-refractivity contribution is -0.115. The van der Waals surface area contributed by atoms with Crippen LogP contribution in [0.1, 0.15) is 11.3 Å². The molecule has 7 nitrogen and oxygen atoms in total. The van der Waals surface area contributed by atoms with Gasteiger partial charge in [0.25, 0.3) is 5.91 Å². The highest BCUT2D eigenvalue weighted by Crippen LogP contribution is 2.31. The van der Waals surface area contributed by atoms with Gasteiger partial charge in [-0.1, -0.05) is 41.9 Å². The van der Waals surface area contributed by atoms with E-state index in [1.54, 1.807) is 29.2 Å². The number of halogens is 1. The van der Waals surface area contributed by atoms with Gasteiger partial charge in [-0.25, -0.2) is 4.68 Å². The highest BCUT2D eigenvalue weighted by atomic mass is 35.5.